The third kappa shape index (κ3) is 6.80. The summed E-state index contributed by atoms with van der Waals surface area (Å²) in [7, 11) is 0. The van der Waals surface area contributed by atoms with Gasteiger partial charge in [-0.1, -0.05) is 94.8 Å². The van der Waals surface area contributed by atoms with Gasteiger partial charge in [-0.05, 0) is 24.3 Å². The monoisotopic (exact) mass is 528 g/mol. The molecule has 0 radical (unpaired) electrons. The van der Waals surface area contributed by atoms with Gasteiger partial charge in [0.2, 0.25) is 0 Å². The molecule has 0 saturated carbocycles. The quantitative estimate of drug-likeness (QED) is 0.156. The van der Waals surface area contributed by atoms with Crippen molar-refractivity contribution >= 4 is 58.4 Å². The Labute approximate surface area is 215 Å². The van der Waals surface area contributed by atoms with Crippen LogP contribution in [0, 0.1) is 0 Å². The van der Waals surface area contributed by atoms with E-state index in [2.05, 4.69) is 20.7 Å². The molecule has 0 aliphatic carbocycles. The fourth-order valence-electron chi connectivity index (χ4n) is 2.81. The van der Waals surface area contributed by atoms with Gasteiger partial charge in [-0.25, -0.2) is 5.43 Å². The maximum Gasteiger partial charge on any atom is 0.250 e. The number of nitrogens with zero attached hydrogens (tertiary/aromatic N) is 3. The van der Waals surface area contributed by atoms with E-state index in [-0.39, 0.29) is 18.3 Å². The van der Waals surface area contributed by atoms with Gasteiger partial charge in [0.05, 0.1) is 12.0 Å². The van der Waals surface area contributed by atoms with Gasteiger partial charge in [-0.2, -0.15) is 5.10 Å². The second kappa shape index (κ2) is 12.0. The number of carbonyl (C=O) groups is 1. The molecule has 34 heavy (non-hydrogen) atoms. The predicted octanol–water partition coefficient (Wildman–Crippen LogP) is 6.33. The summed E-state index contributed by atoms with van der Waals surface area (Å²) >= 11 is 14.9. The Hall–Kier alpha value is -2.91. The molecule has 0 unspecified atom stereocenters. The number of carbonyl (C=O) groups excluding carboxylic acids is 1. The number of hydrazone groups is 1. The van der Waals surface area contributed by atoms with Crippen LogP contribution in [0.2, 0.25) is 10.0 Å². The van der Waals surface area contributed by atoms with E-state index in [0.29, 0.717) is 15.8 Å². The van der Waals surface area contributed by atoms with Gasteiger partial charge in [0.15, 0.2) is 4.34 Å². The Bertz CT molecular complexity index is 1300. The standard InChI is InChI=1S/C24H18Cl2N4O2S2/c25-19-11-10-18(20(26)12-19)14-32-21-9-5-4-8-17(21)13-27-28-22(31)15-33-24-30-29-23(34-24)16-6-2-1-3-7-16/h1-13H,14-15H2,(H,28,31). The normalized spacial score (nSPS) is 11.0. The summed E-state index contributed by atoms with van der Waals surface area (Å²) in [5.41, 5.74) is 5.07. The maximum atomic E-state index is 12.2. The van der Waals surface area contributed by atoms with Crippen LogP contribution in [0.4, 0.5) is 0 Å². The van der Waals surface area contributed by atoms with E-state index in [1.165, 1.54) is 23.1 Å². The van der Waals surface area contributed by atoms with Crippen LogP contribution in [0.1, 0.15) is 11.1 Å². The van der Waals surface area contributed by atoms with Crippen molar-refractivity contribution in [3.63, 3.8) is 0 Å². The summed E-state index contributed by atoms with van der Waals surface area (Å²) in [4.78, 5) is 12.2. The van der Waals surface area contributed by atoms with Crippen molar-refractivity contribution < 1.29 is 9.53 Å². The second-order valence-corrected chi connectivity index (χ2v) is 9.93. The van der Waals surface area contributed by atoms with E-state index < -0.39 is 0 Å². The minimum absolute atomic E-state index is 0.175. The minimum atomic E-state index is -0.246. The van der Waals surface area contributed by atoms with Crippen molar-refractivity contribution in [3.05, 3.63) is 94.0 Å². The van der Waals surface area contributed by atoms with Crippen molar-refractivity contribution in [2.75, 3.05) is 5.75 Å². The molecule has 0 fully saturated rings. The summed E-state index contributed by atoms with van der Waals surface area (Å²) in [6.07, 6.45) is 1.54. The molecule has 172 valence electrons. The lowest BCUT2D eigenvalue weighted by molar-refractivity contribution is -0.118. The lowest BCUT2D eigenvalue weighted by Crippen LogP contribution is -2.19. The molecule has 0 atom stereocenters. The number of thioether (sulfide) groups is 1. The zero-order chi connectivity index (χ0) is 23.8. The minimum Gasteiger partial charge on any atom is -0.488 e. The van der Waals surface area contributed by atoms with E-state index in [9.17, 15) is 4.79 Å². The van der Waals surface area contributed by atoms with Crippen LogP contribution in [0.3, 0.4) is 0 Å². The highest BCUT2D eigenvalue weighted by atomic mass is 35.5. The van der Waals surface area contributed by atoms with Gasteiger partial charge in [0, 0.05) is 26.7 Å². The molecule has 1 N–H and O–H groups in total. The molecule has 0 aliphatic heterocycles. The molecule has 6 nitrogen and oxygen atoms in total. The Kier molecular flexibility index (Phi) is 8.54. The topological polar surface area (TPSA) is 76.5 Å². The number of hydrogen-bond donors (Lipinski definition) is 1. The average molecular weight is 529 g/mol. The number of ether oxygens (including phenoxy) is 1. The summed E-state index contributed by atoms with van der Waals surface area (Å²) in [5, 5.41) is 14.3. The van der Waals surface area contributed by atoms with Crippen molar-refractivity contribution in [3.8, 4) is 16.3 Å². The fraction of sp³-hybridized carbons (Fsp3) is 0.0833. The molecule has 1 heterocycles. The highest BCUT2D eigenvalue weighted by Crippen LogP contribution is 2.29. The molecule has 10 heteroatoms. The number of rotatable bonds is 9. The predicted molar refractivity (Wildman–Crippen MR) is 139 cm³/mol. The Morgan fingerprint density at radius 3 is 2.68 bits per heavy atom. The molecule has 1 aromatic heterocycles. The molecule has 0 bridgehead atoms. The third-order valence-electron chi connectivity index (χ3n) is 4.46. The summed E-state index contributed by atoms with van der Waals surface area (Å²) in [6.45, 7) is 0.274. The van der Waals surface area contributed by atoms with E-state index in [0.717, 1.165) is 26.0 Å². The first-order valence-corrected chi connectivity index (χ1v) is 12.6. The van der Waals surface area contributed by atoms with Crippen LogP contribution < -0.4 is 10.2 Å². The number of benzene rings is 3. The highest BCUT2D eigenvalue weighted by Gasteiger charge is 2.09. The zero-order valence-corrected chi connectivity index (χ0v) is 20.8. The Morgan fingerprint density at radius 2 is 1.85 bits per heavy atom. The van der Waals surface area contributed by atoms with Crippen LogP contribution in [-0.2, 0) is 11.4 Å². The second-order valence-electron chi connectivity index (χ2n) is 6.88. The fourth-order valence-corrected chi connectivity index (χ4v) is 4.92. The number of aromatic nitrogens is 2. The summed E-state index contributed by atoms with van der Waals surface area (Å²) < 4.78 is 6.62. The van der Waals surface area contributed by atoms with Crippen molar-refractivity contribution in [1.29, 1.82) is 0 Å². The van der Waals surface area contributed by atoms with Crippen LogP contribution in [0.25, 0.3) is 10.6 Å². The van der Waals surface area contributed by atoms with Crippen LogP contribution in [0.15, 0.2) is 82.2 Å². The zero-order valence-electron chi connectivity index (χ0n) is 17.7. The molecule has 4 rings (SSSR count). The smallest absolute Gasteiger partial charge is 0.250 e. The van der Waals surface area contributed by atoms with E-state index >= 15 is 0 Å². The number of amides is 1. The van der Waals surface area contributed by atoms with Gasteiger partial charge in [-0.15, -0.1) is 10.2 Å². The molecule has 0 spiro atoms. The summed E-state index contributed by atoms with van der Waals surface area (Å²) in [5.74, 6) is 0.542. The first-order valence-electron chi connectivity index (χ1n) is 10.1. The Balaban J connectivity index is 1.29. The number of halogens is 2. The summed E-state index contributed by atoms with van der Waals surface area (Å²) in [6, 6.07) is 22.4. The van der Waals surface area contributed by atoms with Gasteiger partial charge >= 0.3 is 0 Å². The molecule has 0 saturated heterocycles. The first kappa shape index (κ1) is 24.2. The lowest BCUT2D eigenvalue weighted by Gasteiger charge is -2.10. The molecule has 3 aromatic carbocycles. The van der Waals surface area contributed by atoms with Crippen LogP contribution in [-0.4, -0.2) is 28.1 Å². The van der Waals surface area contributed by atoms with Gasteiger partial charge < -0.3 is 4.74 Å². The van der Waals surface area contributed by atoms with E-state index in [4.69, 9.17) is 27.9 Å². The highest BCUT2D eigenvalue weighted by molar-refractivity contribution is 8.01. The molecule has 0 aliphatic rings. The van der Waals surface area contributed by atoms with Gasteiger partial charge in [0.25, 0.3) is 5.91 Å². The Morgan fingerprint density at radius 1 is 1.06 bits per heavy atom. The lowest BCUT2D eigenvalue weighted by atomic mass is 10.2. The molecular weight excluding hydrogens is 511 g/mol. The molecular formula is C24H18Cl2N4O2S2. The van der Waals surface area contributed by atoms with Crippen molar-refractivity contribution in [2.45, 2.75) is 10.9 Å². The van der Waals surface area contributed by atoms with Crippen LogP contribution >= 0.6 is 46.3 Å². The number of nitrogens with one attached hydrogen (secondary N) is 1. The molecule has 4 aromatic rings. The first-order chi connectivity index (χ1) is 16.6. The molecule has 1 amide bonds. The van der Waals surface area contributed by atoms with Gasteiger partial charge in [-0.3, -0.25) is 4.79 Å². The maximum absolute atomic E-state index is 12.2. The van der Waals surface area contributed by atoms with Gasteiger partial charge in [0.1, 0.15) is 17.4 Å². The van der Waals surface area contributed by atoms with E-state index in [1.54, 1.807) is 18.3 Å². The number of para-hydroxylation sites is 1. The van der Waals surface area contributed by atoms with Crippen molar-refractivity contribution in [2.24, 2.45) is 5.10 Å². The van der Waals surface area contributed by atoms with E-state index in [1.807, 2.05) is 60.7 Å². The van der Waals surface area contributed by atoms with Crippen LogP contribution in [0.5, 0.6) is 5.75 Å². The third-order valence-corrected chi connectivity index (χ3v) is 7.16. The number of hydrogen-bond acceptors (Lipinski definition) is 7. The van der Waals surface area contributed by atoms with Crippen molar-refractivity contribution in [1.82, 2.24) is 15.6 Å². The average Bonchev–Trinajstić information content (AvgIpc) is 3.33. The largest absolute Gasteiger partial charge is 0.488 e. The SMILES string of the molecule is O=C(CSc1nnc(-c2ccccc2)s1)NN=Cc1ccccc1OCc1ccc(Cl)cc1Cl.